The van der Waals surface area contributed by atoms with Gasteiger partial charge >= 0.3 is 0 Å². The van der Waals surface area contributed by atoms with Crippen LogP contribution in [0.4, 0.5) is 0 Å². The summed E-state index contributed by atoms with van der Waals surface area (Å²) >= 11 is 1.80. The van der Waals surface area contributed by atoms with Gasteiger partial charge in [-0.15, -0.1) is 11.3 Å². The Labute approximate surface area is 149 Å². The lowest BCUT2D eigenvalue weighted by atomic mass is 10.1. The third-order valence-corrected chi connectivity index (χ3v) is 5.14. The van der Waals surface area contributed by atoms with Crippen molar-refractivity contribution < 1.29 is 0 Å². The molecule has 2 aromatic heterocycles. The van der Waals surface area contributed by atoms with Gasteiger partial charge < -0.3 is 10.6 Å². The molecular formula is C18H29N5S. The molecule has 0 fully saturated rings. The van der Waals surface area contributed by atoms with E-state index in [1.807, 2.05) is 14.0 Å². The molecule has 24 heavy (non-hydrogen) atoms. The first kappa shape index (κ1) is 18.5. The van der Waals surface area contributed by atoms with Crippen molar-refractivity contribution in [1.82, 2.24) is 20.4 Å². The van der Waals surface area contributed by atoms with Crippen LogP contribution in [0, 0.1) is 19.8 Å². The summed E-state index contributed by atoms with van der Waals surface area (Å²) in [6.07, 6.45) is 0. The highest BCUT2D eigenvalue weighted by Crippen LogP contribution is 2.19. The maximum atomic E-state index is 4.53. The first-order chi connectivity index (χ1) is 11.5. The molecule has 2 rings (SSSR count). The number of hydrogen-bond donors (Lipinski definition) is 2. The van der Waals surface area contributed by atoms with Crippen LogP contribution in [-0.2, 0) is 6.54 Å². The van der Waals surface area contributed by atoms with Crippen molar-refractivity contribution in [2.75, 3.05) is 20.1 Å². The summed E-state index contributed by atoms with van der Waals surface area (Å²) in [5, 5.41) is 13.5. The molecule has 0 aliphatic carbocycles. The Balaban J connectivity index is 1.75. The second kappa shape index (κ2) is 8.87. The first-order valence-electron chi connectivity index (χ1n) is 8.48. The van der Waals surface area contributed by atoms with Gasteiger partial charge in [-0.05, 0) is 37.3 Å². The molecule has 0 saturated carbocycles. The molecule has 2 atom stereocenters. The third-order valence-electron chi connectivity index (χ3n) is 4.03. The molecule has 5 nitrogen and oxygen atoms in total. The van der Waals surface area contributed by atoms with Crippen molar-refractivity contribution in [3.05, 3.63) is 39.8 Å². The average Bonchev–Trinajstić information content (AvgIpc) is 3.17. The van der Waals surface area contributed by atoms with Crippen LogP contribution in [0.15, 0.2) is 28.6 Å². The van der Waals surface area contributed by atoms with E-state index in [2.05, 4.69) is 69.8 Å². The van der Waals surface area contributed by atoms with Crippen LogP contribution in [0.3, 0.4) is 0 Å². The summed E-state index contributed by atoms with van der Waals surface area (Å²) in [6, 6.07) is 6.40. The second-order valence-corrected chi connectivity index (χ2v) is 7.44. The van der Waals surface area contributed by atoms with Gasteiger partial charge in [0.15, 0.2) is 5.96 Å². The molecule has 2 unspecified atom stereocenters. The van der Waals surface area contributed by atoms with Crippen LogP contribution in [0.2, 0.25) is 0 Å². The quantitative estimate of drug-likeness (QED) is 0.597. The monoisotopic (exact) mass is 347 g/mol. The van der Waals surface area contributed by atoms with Gasteiger partial charge in [0.25, 0.3) is 0 Å². The largest absolute Gasteiger partial charge is 0.356 e. The van der Waals surface area contributed by atoms with Crippen LogP contribution < -0.4 is 10.6 Å². The normalized spacial score (nSPS) is 14.5. The number of aliphatic imine (C=N–C) groups is 1. The van der Waals surface area contributed by atoms with E-state index in [0.717, 1.165) is 31.3 Å². The van der Waals surface area contributed by atoms with Crippen molar-refractivity contribution in [2.45, 2.75) is 40.2 Å². The van der Waals surface area contributed by atoms with E-state index in [1.54, 1.807) is 11.3 Å². The van der Waals surface area contributed by atoms with E-state index >= 15 is 0 Å². The highest BCUT2D eigenvalue weighted by Gasteiger charge is 2.10. The second-order valence-electron chi connectivity index (χ2n) is 6.46. The van der Waals surface area contributed by atoms with E-state index < -0.39 is 0 Å². The Bertz CT molecular complexity index is 644. The van der Waals surface area contributed by atoms with Gasteiger partial charge in [0, 0.05) is 43.2 Å². The molecule has 0 amide bonds. The summed E-state index contributed by atoms with van der Waals surface area (Å²) in [6.45, 7) is 11.3. The van der Waals surface area contributed by atoms with Gasteiger partial charge in [-0.1, -0.05) is 19.9 Å². The highest BCUT2D eigenvalue weighted by molar-refractivity contribution is 7.10. The van der Waals surface area contributed by atoms with Crippen LogP contribution in [0.25, 0.3) is 0 Å². The fourth-order valence-electron chi connectivity index (χ4n) is 2.63. The van der Waals surface area contributed by atoms with Crippen LogP contribution in [-0.4, -0.2) is 35.9 Å². The molecule has 6 heteroatoms. The Kier molecular flexibility index (Phi) is 6.85. The van der Waals surface area contributed by atoms with Gasteiger partial charge in [0.1, 0.15) is 0 Å². The zero-order chi connectivity index (χ0) is 17.5. The molecule has 0 aromatic carbocycles. The summed E-state index contributed by atoms with van der Waals surface area (Å²) in [5.41, 5.74) is 2.29. The van der Waals surface area contributed by atoms with Crippen molar-refractivity contribution in [3.63, 3.8) is 0 Å². The molecule has 0 bridgehead atoms. The molecule has 0 radical (unpaired) electrons. The number of aromatic nitrogens is 2. The number of guanidine groups is 1. The molecule has 132 valence electrons. The Morgan fingerprint density at radius 1 is 1.29 bits per heavy atom. The first-order valence-corrected chi connectivity index (χ1v) is 9.36. The number of rotatable bonds is 7. The standard InChI is InChI=1S/C18H29N5S/c1-13(12-23-16(4)9-15(3)22-23)10-20-18(19-5)21-11-14(2)17-7-6-8-24-17/h6-9,13-14H,10-12H2,1-5H3,(H2,19,20,21). The fraction of sp³-hybridized carbons (Fsp3) is 0.556. The minimum Gasteiger partial charge on any atom is -0.356 e. The number of nitrogens with one attached hydrogen (secondary N) is 2. The molecule has 0 aliphatic rings. The lowest BCUT2D eigenvalue weighted by molar-refractivity contribution is 0.435. The maximum absolute atomic E-state index is 4.53. The Morgan fingerprint density at radius 3 is 2.62 bits per heavy atom. The number of thiophene rings is 1. The van der Waals surface area contributed by atoms with E-state index in [-0.39, 0.29) is 0 Å². The molecule has 2 heterocycles. The van der Waals surface area contributed by atoms with Crippen molar-refractivity contribution in [3.8, 4) is 0 Å². The smallest absolute Gasteiger partial charge is 0.191 e. The van der Waals surface area contributed by atoms with Crippen molar-refractivity contribution in [2.24, 2.45) is 10.9 Å². The lowest BCUT2D eigenvalue weighted by Crippen LogP contribution is -2.41. The number of nitrogens with zero attached hydrogens (tertiary/aromatic N) is 3. The molecular weight excluding hydrogens is 318 g/mol. The predicted octanol–water partition coefficient (Wildman–Crippen LogP) is 3.17. The maximum Gasteiger partial charge on any atom is 0.191 e. The minimum atomic E-state index is 0.469. The van der Waals surface area contributed by atoms with Crippen molar-refractivity contribution >= 4 is 17.3 Å². The molecule has 0 spiro atoms. The van der Waals surface area contributed by atoms with E-state index in [9.17, 15) is 0 Å². The van der Waals surface area contributed by atoms with Gasteiger partial charge in [0.2, 0.25) is 0 Å². The average molecular weight is 348 g/mol. The lowest BCUT2D eigenvalue weighted by Gasteiger charge is -2.18. The van der Waals surface area contributed by atoms with Crippen LogP contribution in [0.5, 0.6) is 0 Å². The molecule has 2 aromatic rings. The number of hydrogen-bond acceptors (Lipinski definition) is 3. The molecule has 2 N–H and O–H groups in total. The minimum absolute atomic E-state index is 0.469. The topological polar surface area (TPSA) is 54.2 Å². The molecule has 0 saturated heterocycles. The van der Waals surface area contributed by atoms with E-state index in [1.165, 1.54) is 10.6 Å². The van der Waals surface area contributed by atoms with E-state index in [0.29, 0.717) is 11.8 Å². The van der Waals surface area contributed by atoms with Crippen LogP contribution >= 0.6 is 11.3 Å². The molecule has 0 aliphatic heterocycles. The van der Waals surface area contributed by atoms with Gasteiger partial charge in [0.05, 0.1) is 5.69 Å². The summed E-state index contributed by atoms with van der Waals surface area (Å²) in [7, 11) is 1.82. The summed E-state index contributed by atoms with van der Waals surface area (Å²) < 4.78 is 2.08. The predicted molar refractivity (Wildman–Crippen MR) is 103 cm³/mol. The number of aryl methyl sites for hydroxylation is 2. The zero-order valence-corrected chi connectivity index (χ0v) is 16.2. The highest BCUT2D eigenvalue weighted by atomic mass is 32.1. The van der Waals surface area contributed by atoms with Gasteiger partial charge in [-0.25, -0.2) is 0 Å². The Hall–Kier alpha value is -1.82. The fourth-order valence-corrected chi connectivity index (χ4v) is 3.42. The SMILES string of the molecule is CN=C(NCC(C)Cn1nc(C)cc1C)NCC(C)c1cccs1. The third kappa shape index (κ3) is 5.37. The summed E-state index contributed by atoms with van der Waals surface area (Å²) in [4.78, 5) is 5.72. The summed E-state index contributed by atoms with van der Waals surface area (Å²) in [5.74, 6) is 1.81. The Morgan fingerprint density at radius 2 is 2.04 bits per heavy atom. The van der Waals surface area contributed by atoms with Crippen molar-refractivity contribution in [1.29, 1.82) is 0 Å². The van der Waals surface area contributed by atoms with Gasteiger partial charge in [-0.3, -0.25) is 9.67 Å². The zero-order valence-electron chi connectivity index (χ0n) is 15.3. The van der Waals surface area contributed by atoms with E-state index in [4.69, 9.17) is 0 Å². The van der Waals surface area contributed by atoms with Crippen LogP contribution in [0.1, 0.15) is 36.0 Å². The van der Waals surface area contributed by atoms with Gasteiger partial charge in [-0.2, -0.15) is 5.10 Å².